The number of halogens is 1. The Morgan fingerprint density at radius 1 is 1.10 bits per heavy atom. The Kier molecular flexibility index (Phi) is 4.60. The lowest BCUT2D eigenvalue weighted by molar-refractivity contribution is 0.451. The molecule has 0 heterocycles. The standard InChI is InChI=1S/C15H17FO3S/c1-2-3-4-12-5-6-14-10-15(8-7-13(14)9-12)19-20(17,18)11-16/h5-10H,2-4,11H2,1H3. The first-order valence-electron chi connectivity index (χ1n) is 6.55. The van der Waals surface area contributed by atoms with Crippen molar-refractivity contribution in [3.8, 4) is 5.75 Å². The number of fused-ring (bicyclic) bond motifs is 1. The highest BCUT2D eigenvalue weighted by atomic mass is 32.2. The van der Waals surface area contributed by atoms with Crippen LogP contribution in [-0.2, 0) is 16.5 Å². The van der Waals surface area contributed by atoms with Gasteiger partial charge in [0.05, 0.1) is 0 Å². The first-order chi connectivity index (χ1) is 9.54. The summed E-state index contributed by atoms with van der Waals surface area (Å²) in [5, 5.41) is 1.89. The Morgan fingerprint density at radius 3 is 2.50 bits per heavy atom. The molecule has 0 aliphatic rings. The van der Waals surface area contributed by atoms with E-state index >= 15 is 0 Å². The van der Waals surface area contributed by atoms with Crippen LogP contribution in [0, 0.1) is 0 Å². The van der Waals surface area contributed by atoms with E-state index in [-0.39, 0.29) is 5.75 Å². The molecule has 0 spiro atoms. The van der Waals surface area contributed by atoms with Crippen molar-refractivity contribution in [3.63, 3.8) is 0 Å². The van der Waals surface area contributed by atoms with Crippen LogP contribution >= 0.6 is 0 Å². The normalized spacial score (nSPS) is 11.7. The SMILES string of the molecule is CCCCc1ccc2cc(OS(=O)(=O)CF)ccc2c1. The summed E-state index contributed by atoms with van der Waals surface area (Å²) in [7, 11) is -4.13. The number of alkyl halides is 1. The van der Waals surface area contributed by atoms with Gasteiger partial charge in [0.1, 0.15) is 5.75 Å². The number of benzene rings is 2. The van der Waals surface area contributed by atoms with Crippen LogP contribution in [0.15, 0.2) is 36.4 Å². The van der Waals surface area contributed by atoms with Gasteiger partial charge < -0.3 is 4.18 Å². The molecule has 0 aromatic heterocycles. The van der Waals surface area contributed by atoms with E-state index in [2.05, 4.69) is 17.2 Å². The van der Waals surface area contributed by atoms with E-state index in [1.54, 1.807) is 18.2 Å². The van der Waals surface area contributed by atoms with Gasteiger partial charge in [-0.2, -0.15) is 8.42 Å². The maximum atomic E-state index is 12.2. The fraction of sp³-hybridized carbons (Fsp3) is 0.333. The van der Waals surface area contributed by atoms with Crippen LogP contribution in [0.25, 0.3) is 10.8 Å². The van der Waals surface area contributed by atoms with Crippen molar-refractivity contribution in [1.29, 1.82) is 0 Å². The molecule has 2 aromatic carbocycles. The molecule has 0 N–H and O–H groups in total. The van der Waals surface area contributed by atoms with E-state index in [1.807, 2.05) is 12.1 Å². The lowest BCUT2D eigenvalue weighted by Crippen LogP contribution is -2.10. The van der Waals surface area contributed by atoms with E-state index in [0.717, 1.165) is 30.0 Å². The van der Waals surface area contributed by atoms with Gasteiger partial charge in [-0.25, -0.2) is 4.39 Å². The topological polar surface area (TPSA) is 43.4 Å². The minimum Gasteiger partial charge on any atom is -0.381 e. The zero-order chi connectivity index (χ0) is 14.6. The Hall–Kier alpha value is -1.62. The second-order valence-electron chi connectivity index (χ2n) is 4.70. The molecule has 108 valence electrons. The monoisotopic (exact) mass is 296 g/mol. The minimum atomic E-state index is -4.13. The average Bonchev–Trinajstić information content (AvgIpc) is 2.44. The molecule has 0 saturated carbocycles. The fourth-order valence-electron chi connectivity index (χ4n) is 2.03. The van der Waals surface area contributed by atoms with E-state index in [4.69, 9.17) is 0 Å². The lowest BCUT2D eigenvalue weighted by Gasteiger charge is -2.07. The predicted octanol–water partition coefficient (Wildman–Crippen LogP) is 3.82. The van der Waals surface area contributed by atoms with Gasteiger partial charge in [0.15, 0.2) is 0 Å². The summed E-state index contributed by atoms with van der Waals surface area (Å²) >= 11 is 0. The maximum Gasteiger partial charge on any atom is 0.339 e. The van der Waals surface area contributed by atoms with Gasteiger partial charge in [-0.15, -0.1) is 0 Å². The van der Waals surface area contributed by atoms with Gasteiger partial charge in [0, 0.05) is 0 Å². The molecular weight excluding hydrogens is 279 g/mol. The molecular formula is C15H17FO3S. The first kappa shape index (κ1) is 14.8. The number of aryl methyl sites for hydroxylation is 1. The second-order valence-corrected chi connectivity index (χ2v) is 6.20. The highest BCUT2D eigenvalue weighted by Crippen LogP contribution is 2.23. The van der Waals surface area contributed by atoms with Crippen LogP contribution in [0.4, 0.5) is 4.39 Å². The molecule has 0 atom stereocenters. The van der Waals surface area contributed by atoms with Gasteiger partial charge in [-0.3, -0.25) is 0 Å². The predicted molar refractivity (Wildman–Crippen MR) is 78.1 cm³/mol. The van der Waals surface area contributed by atoms with E-state index in [1.165, 1.54) is 5.56 Å². The molecule has 0 fully saturated rings. The summed E-state index contributed by atoms with van der Waals surface area (Å²) in [6.45, 7) is 2.15. The molecule has 2 aromatic rings. The van der Waals surface area contributed by atoms with E-state index in [9.17, 15) is 12.8 Å². The van der Waals surface area contributed by atoms with Gasteiger partial charge in [0.25, 0.3) is 0 Å². The van der Waals surface area contributed by atoms with Gasteiger partial charge >= 0.3 is 10.1 Å². The highest BCUT2D eigenvalue weighted by Gasteiger charge is 2.12. The van der Waals surface area contributed by atoms with Crippen molar-refractivity contribution in [1.82, 2.24) is 0 Å². The number of unbranched alkanes of at least 4 members (excludes halogenated alkanes) is 1. The molecule has 2 rings (SSSR count). The van der Waals surface area contributed by atoms with Crippen molar-refractivity contribution < 1.29 is 17.0 Å². The van der Waals surface area contributed by atoms with Gasteiger partial charge in [-0.1, -0.05) is 37.6 Å². The summed E-state index contributed by atoms with van der Waals surface area (Å²) in [5.74, 6) is 0.136. The van der Waals surface area contributed by atoms with Crippen LogP contribution in [0.3, 0.4) is 0 Å². The summed E-state index contributed by atoms with van der Waals surface area (Å²) in [5.41, 5.74) is 1.25. The van der Waals surface area contributed by atoms with Crippen molar-refractivity contribution in [2.24, 2.45) is 0 Å². The Bertz CT molecular complexity index is 695. The minimum absolute atomic E-state index is 0.136. The zero-order valence-corrected chi connectivity index (χ0v) is 12.1. The third-order valence-electron chi connectivity index (χ3n) is 3.05. The molecule has 0 amide bonds. The van der Waals surface area contributed by atoms with Gasteiger partial charge in [-0.05, 0) is 41.3 Å². The highest BCUT2D eigenvalue weighted by molar-refractivity contribution is 7.86. The Balaban J connectivity index is 2.27. The Labute approximate surface area is 118 Å². The van der Waals surface area contributed by atoms with Crippen molar-refractivity contribution in [2.75, 3.05) is 6.01 Å². The number of hydrogen-bond donors (Lipinski definition) is 0. The van der Waals surface area contributed by atoms with Crippen molar-refractivity contribution >= 4 is 20.9 Å². The largest absolute Gasteiger partial charge is 0.381 e. The molecule has 3 nitrogen and oxygen atoms in total. The first-order valence-corrected chi connectivity index (χ1v) is 8.12. The molecule has 5 heteroatoms. The van der Waals surface area contributed by atoms with E-state index in [0.29, 0.717) is 0 Å². The summed E-state index contributed by atoms with van der Waals surface area (Å²) < 4.78 is 39.0. The quantitative estimate of drug-likeness (QED) is 0.761. The number of hydrogen-bond acceptors (Lipinski definition) is 3. The van der Waals surface area contributed by atoms with E-state index < -0.39 is 16.1 Å². The third-order valence-corrected chi connectivity index (χ3v) is 3.77. The second kappa shape index (κ2) is 6.22. The summed E-state index contributed by atoms with van der Waals surface area (Å²) in [4.78, 5) is 0. The molecule has 0 radical (unpaired) electrons. The van der Waals surface area contributed by atoms with Gasteiger partial charge in [0.2, 0.25) is 6.01 Å². The lowest BCUT2D eigenvalue weighted by atomic mass is 10.0. The maximum absolute atomic E-state index is 12.2. The van der Waals surface area contributed by atoms with Crippen LogP contribution in [-0.4, -0.2) is 14.4 Å². The summed E-state index contributed by atoms with van der Waals surface area (Å²) in [6.07, 6.45) is 3.31. The summed E-state index contributed by atoms with van der Waals surface area (Å²) in [6, 6.07) is 9.43. The van der Waals surface area contributed by atoms with Crippen LogP contribution < -0.4 is 4.18 Å². The smallest absolute Gasteiger partial charge is 0.339 e. The molecule has 0 aliphatic carbocycles. The van der Waals surface area contributed by atoms with Crippen LogP contribution in [0.2, 0.25) is 0 Å². The molecule has 0 saturated heterocycles. The van der Waals surface area contributed by atoms with Crippen LogP contribution in [0.1, 0.15) is 25.3 Å². The zero-order valence-electron chi connectivity index (χ0n) is 11.3. The van der Waals surface area contributed by atoms with Crippen LogP contribution in [0.5, 0.6) is 5.75 Å². The third kappa shape index (κ3) is 3.70. The van der Waals surface area contributed by atoms with Crippen molar-refractivity contribution in [2.45, 2.75) is 26.2 Å². The molecule has 20 heavy (non-hydrogen) atoms. The average molecular weight is 296 g/mol. The Morgan fingerprint density at radius 2 is 1.80 bits per heavy atom. The number of rotatable bonds is 6. The van der Waals surface area contributed by atoms with Crippen molar-refractivity contribution in [3.05, 3.63) is 42.0 Å². The fourth-order valence-corrected chi connectivity index (χ4v) is 2.47. The molecule has 0 aliphatic heterocycles. The molecule has 0 unspecified atom stereocenters. The molecule has 0 bridgehead atoms.